The molecule has 1 amide bonds. The number of piperidine rings is 1. The van der Waals surface area contributed by atoms with Gasteiger partial charge in [-0.3, -0.25) is 9.59 Å². The molecule has 1 aromatic carbocycles. The van der Waals surface area contributed by atoms with Crippen molar-refractivity contribution in [1.82, 2.24) is 14.7 Å². The van der Waals surface area contributed by atoms with Crippen molar-refractivity contribution >= 4 is 11.9 Å². The standard InChI is InChI=1S/C21H25N3O3/c25-19(26)13-12-15-7-4-5-14-23(15)21(27)20-17-10-6-11-18(17)24(22-20)16-8-2-1-3-9-16/h1-3,8-9,15H,4-7,10-14H2,(H,25,26). The molecule has 0 bridgehead atoms. The lowest BCUT2D eigenvalue weighted by atomic mass is 9.97. The van der Waals surface area contributed by atoms with E-state index in [9.17, 15) is 9.59 Å². The molecule has 0 saturated carbocycles. The maximum atomic E-state index is 13.4. The first-order chi connectivity index (χ1) is 13.1. The molecule has 4 rings (SSSR count). The number of aliphatic carboxylic acids is 1. The monoisotopic (exact) mass is 367 g/mol. The molecule has 6 nitrogen and oxygen atoms in total. The van der Waals surface area contributed by atoms with E-state index in [1.165, 1.54) is 0 Å². The number of carboxylic acid groups (broad SMARTS) is 1. The molecular weight excluding hydrogens is 342 g/mol. The lowest BCUT2D eigenvalue weighted by molar-refractivity contribution is -0.137. The Hall–Kier alpha value is -2.63. The number of hydrogen-bond acceptors (Lipinski definition) is 3. The van der Waals surface area contributed by atoms with Crippen LogP contribution in [0.1, 0.15) is 60.3 Å². The van der Waals surface area contributed by atoms with Gasteiger partial charge in [0.15, 0.2) is 5.69 Å². The summed E-state index contributed by atoms with van der Waals surface area (Å²) in [6.45, 7) is 0.691. The minimum atomic E-state index is -0.804. The van der Waals surface area contributed by atoms with Crippen LogP contribution in [0.5, 0.6) is 0 Å². The Morgan fingerprint density at radius 2 is 1.93 bits per heavy atom. The second-order valence-electron chi connectivity index (χ2n) is 7.46. The second-order valence-corrected chi connectivity index (χ2v) is 7.46. The van der Waals surface area contributed by atoms with E-state index in [2.05, 4.69) is 0 Å². The van der Waals surface area contributed by atoms with Gasteiger partial charge in [-0.25, -0.2) is 4.68 Å². The van der Waals surface area contributed by atoms with Crippen molar-refractivity contribution in [3.8, 4) is 5.69 Å². The van der Waals surface area contributed by atoms with E-state index in [1.54, 1.807) is 0 Å². The minimum Gasteiger partial charge on any atom is -0.481 e. The van der Waals surface area contributed by atoms with Crippen molar-refractivity contribution in [2.45, 2.75) is 57.4 Å². The average molecular weight is 367 g/mol. The highest BCUT2D eigenvalue weighted by atomic mass is 16.4. The van der Waals surface area contributed by atoms with Gasteiger partial charge in [0.05, 0.1) is 5.69 Å². The van der Waals surface area contributed by atoms with Gasteiger partial charge in [0, 0.05) is 30.3 Å². The third-order valence-electron chi connectivity index (χ3n) is 5.71. The number of fused-ring (bicyclic) bond motifs is 1. The summed E-state index contributed by atoms with van der Waals surface area (Å²) >= 11 is 0. The first kappa shape index (κ1) is 17.8. The zero-order chi connectivity index (χ0) is 18.8. The maximum absolute atomic E-state index is 13.4. The van der Waals surface area contributed by atoms with Crippen molar-refractivity contribution in [1.29, 1.82) is 0 Å². The van der Waals surface area contributed by atoms with Gasteiger partial charge in [0.1, 0.15) is 0 Å². The number of carbonyl (C=O) groups is 2. The number of amides is 1. The second kappa shape index (κ2) is 7.55. The van der Waals surface area contributed by atoms with E-state index in [1.807, 2.05) is 39.9 Å². The fourth-order valence-electron chi connectivity index (χ4n) is 4.39. The van der Waals surface area contributed by atoms with Gasteiger partial charge in [0.25, 0.3) is 5.91 Å². The van der Waals surface area contributed by atoms with Crippen LogP contribution in [0.2, 0.25) is 0 Å². The average Bonchev–Trinajstić information content (AvgIpc) is 3.29. The van der Waals surface area contributed by atoms with Crippen molar-refractivity contribution < 1.29 is 14.7 Å². The quantitative estimate of drug-likeness (QED) is 0.880. The Morgan fingerprint density at radius 1 is 1.11 bits per heavy atom. The number of carboxylic acids is 1. The number of benzene rings is 1. The molecule has 1 N–H and O–H groups in total. The Bertz CT molecular complexity index is 844. The Kier molecular flexibility index (Phi) is 4.97. The van der Waals surface area contributed by atoms with Crippen molar-refractivity contribution in [3.05, 3.63) is 47.3 Å². The molecule has 1 atom stereocenters. The molecule has 0 spiro atoms. The summed E-state index contributed by atoms with van der Waals surface area (Å²) in [6, 6.07) is 9.95. The molecule has 2 heterocycles. The summed E-state index contributed by atoms with van der Waals surface area (Å²) in [6.07, 6.45) is 6.38. The van der Waals surface area contributed by atoms with E-state index < -0.39 is 5.97 Å². The molecule has 142 valence electrons. The minimum absolute atomic E-state index is 0.00118. The number of likely N-dealkylation sites (tertiary alicyclic amines) is 1. The Morgan fingerprint density at radius 3 is 2.70 bits per heavy atom. The first-order valence-corrected chi connectivity index (χ1v) is 9.84. The van der Waals surface area contributed by atoms with Crippen LogP contribution in [-0.4, -0.2) is 44.3 Å². The van der Waals surface area contributed by atoms with Crippen LogP contribution in [-0.2, 0) is 17.6 Å². The maximum Gasteiger partial charge on any atom is 0.303 e. The van der Waals surface area contributed by atoms with Crippen molar-refractivity contribution in [2.75, 3.05) is 6.54 Å². The van der Waals surface area contributed by atoms with Crippen molar-refractivity contribution in [3.63, 3.8) is 0 Å². The van der Waals surface area contributed by atoms with Crippen molar-refractivity contribution in [2.24, 2.45) is 0 Å². The molecule has 1 saturated heterocycles. The van der Waals surface area contributed by atoms with Gasteiger partial charge in [0.2, 0.25) is 0 Å². The van der Waals surface area contributed by atoms with E-state index in [-0.39, 0.29) is 18.4 Å². The van der Waals surface area contributed by atoms with E-state index in [0.717, 1.165) is 55.5 Å². The van der Waals surface area contributed by atoms with Gasteiger partial charge in [-0.2, -0.15) is 5.10 Å². The van der Waals surface area contributed by atoms with E-state index in [0.29, 0.717) is 18.7 Å². The topological polar surface area (TPSA) is 75.4 Å². The highest BCUT2D eigenvalue weighted by molar-refractivity contribution is 5.94. The van der Waals surface area contributed by atoms with Gasteiger partial charge in [-0.1, -0.05) is 18.2 Å². The van der Waals surface area contributed by atoms with E-state index in [4.69, 9.17) is 10.2 Å². The van der Waals surface area contributed by atoms with Crippen LogP contribution in [0.25, 0.3) is 5.69 Å². The summed E-state index contributed by atoms with van der Waals surface area (Å²) in [7, 11) is 0. The lowest BCUT2D eigenvalue weighted by Crippen LogP contribution is -2.44. The number of carbonyl (C=O) groups excluding carboxylic acids is 1. The van der Waals surface area contributed by atoms with E-state index >= 15 is 0 Å². The molecule has 1 aromatic heterocycles. The predicted octanol–water partition coefficient (Wildman–Crippen LogP) is 3.22. The number of rotatable bonds is 5. The predicted molar refractivity (Wildman–Crippen MR) is 101 cm³/mol. The zero-order valence-electron chi connectivity index (χ0n) is 15.4. The van der Waals surface area contributed by atoms with Crippen LogP contribution in [0, 0.1) is 0 Å². The van der Waals surface area contributed by atoms with Crippen LogP contribution >= 0.6 is 0 Å². The molecule has 1 fully saturated rings. The molecule has 0 radical (unpaired) electrons. The van der Waals surface area contributed by atoms with Crippen LogP contribution < -0.4 is 0 Å². The van der Waals surface area contributed by atoms with Crippen LogP contribution in [0.3, 0.4) is 0 Å². The largest absolute Gasteiger partial charge is 0.481 e. The molecule has 6 heteroatoms. The summed E-state index contributed by atoms with van der Waals surface area (Å²) in [4.78, 5) is 26.2. The summed E-state index contributed by atoms with van der Waals surface area (Å²) in [5.41, 5.74) is 3.76. The van der Waals surface area contributed by atoms with Crippen LogP contribution in [0.15, 0.2) is 30.3 Å². The molecule has 1 aliphatic carbocycles. The SMILES string of the molecule is O=C(O)CCC1CCCCN1C(=O)c1nn(-c2ccccc2)c2c1CCC2. The van der Waals surface area contributed by atoms with Gasteiger partial charge >= 0.3 is 5.97 Å². The van der Waals surface area contributed by atoms with Gasteiger partial charge in [-0.15, -0.1) is 0 Å². The molecule has 27 heavy (non-hydrogen) atoms. The first-order valence-electron chi connectivity index (χ1n) is 9.84. The van der Waals surface area contributed by atoms with Crippen LogP contribution in [0.4, 0.5) is 0 Å². The smallest absolute Gasteiger partial charge is 0.303 e. The number of aromatic nitrogens is 2. The van der Waals surface area contributed by atoms with Gasteiger partial charge in [-0.05, 0) is 57.1 Å². The highest BCUT2D eigenvalue weighted by Crippen LogP contribution is 2.30. The molecule has 1 aliphatic heterocycles. The number of para-hydroxylation sites is 1. The molecule has 2 aliphatic rings. The molecule has 1 unspecified atom stereocenters. The number of nitrogens with zero attached hydrogens (tertiary/aromatic N) is 3. The summed E-state index contributed by atoms with van der Waals surface area (Å²) in [5, 5.41) is 13.7. The molecule has 2 aromatic rings. The normalized spacial score (nSPS) is 19.1. The Labute approximate surface area is 158 Å². The lowest BCUT2D eigenvalue weighted by Gasteiger charge is -2.35. The summed E-state index contributed by atoms with van der Waals surface area (Å²) in [5.74, 6) is -0.833. The van der Waals surface area contributed by atoms with Gasteiger partial charge < -0.3 is 10.0 Å². The Balaban J connectivity index is 1.64. The summed E-state index contributed by atoms with van der Waals surface area (Å²) < 4.78 is 1.92. The number of hydrogen-bond donors (Lipinski definition) is 1. The zero-order valence-corrected chi connectivity index (χ0v) is 15.4. The molecular formula is C21H25N3O3. The highest BCUT2D eigenvalue weighted by Gasteiger charge is 2.33. The fraction of sp³-hybridized carbons (Fsp3) is 0.476. The fourth-order valence-corrected chi connectivity index (χ4v) is 4.39. The third kappa shape index (κ3) is 3.48. The third-order valence-corrected chi connectivity index (χ3v) is 5.71.